The number of methoxy groups -OCH3 is 2. The van der Waals surface area contributed by atoms with Gasteiger partial charge in [-0.3, -0.25) is 4.79 Å². The highest BCUT2D eigenvalue weighted by atomic mass is 35.5. The second kappa shape index (κ2) is 11.7. The third-order valence-electron chi connectivity index (χ3n) is 6.67. The molecule has 1 aliphatic carbocycles. The summed E-state index contributed by atoms with van der Waals surface area (Å²) in [5.74, 6) is 1.17. The van der Waals surface area contributed by atoms with Crippen molar-refractivity contribution in [1.29, 1.82) is 0 Å². The molecule has 1 heterocycles. The Morgan fingerprint density at radius 3 is 2.58 bits per heavy atom. The molecule has 1 amide bonds. The topological polar surface area (TPSA) is 112 Å². The second-order valence-electron chi connectivity index (χ2n) is 9.48. The number of amides is 1. The lowest BCUT2D eigenvalue weighted by Crippen LogP contribution is -2.25. The van der Waals surface area contributed by atoms with Gasteiger partial charge in [-0.25, -0.2) is 18.1 Å². The molecule has 0 radical (unpaired) electrons. The van der Waals surface area contributed by atoms with Crippen LogP contribution in [0.3, 0.4) is 0 Å². The SMILES string of the molecule is COc1ccc(CNS(=O)(=O)c2cc(NC(=O)Cc3ccccc3Cl)ccc2-n2cnc(C3CC3)c2)c(OC)c1. The Hall–Kier alpha value is -3.86. The van der Waals surface area contributed by atoms with Crippen molar-refractivity contribution in [1.82, 2.24) is 14.3 Å². The number of rotatable bonds is 11. The number of carbonyl (C=O) groups excluding carboxylic acids is 1. The summed E-state index contributed by atoms with van der Waals surface area (Å²) >= 11 is 6.21. The van der Waals surface area contributed by atoms with Gasteiger partial charge >= 0.3 is 0 Å². The Bertz CT molecular complexity index is 1650. The van der Waals surface area contributed by atoms with Crippen molar-refractivity contribution in [2.75, 3.05) is 19.5 Å². The normalized spacial score (nSPS) is 13.2. The van der Waals surface area contributed by atoms with Gasteiger partial charge in [-0.1, -0.05) is 35.9 Å². The number of aromatic nitrogens is 2. The third-order valence-corrected chi connectivity index (χ3v) is 8.46. The molecule has 0 unspecified atom stereocenters. The Balaban J connectivity index is 1.44. The lowest BCUT2D eigenvalue weighted by molar-refractivity contribution is -0.115. The van der Waals surface area contributed by atoms with Crippen LogP contribution in [0, 0.1) is 0 Å². The van der Waals surface area contributed by atoms with Crippen LogP contribution in [-0.2, 0) is 27.8 Å². The number of halogens is 1. The van der Waals surface area contributed by atoms with Crippen LogP contribution < -0.4 is 19.5 Å². The Morgan fingerprint density at radius 1 is 1.05 bits per heavy atom. The highest BCUT2D eigenvalue weighted by Crippen LogP contribution is 2.39. The van der Waals surface area contributed by atoms with E-state index < -0.39 is 10.0 Å². The molecule has 1 aliphatic rings. The van der Waals surface area contributed by atoms with Gasteiger partial charge in [0.25, 0.3) is 0 Å². The van der Waals surface area contributed by atoms with Gasteiger partial charge in [0.1, 0.15) is 16.4 Å². The van der Waals surface area contributed by atoms with Gasteiger partial charge in [-0.2, -0.15) is 0 Å². The predicted molar refractivity (Wildman–Crippen MR) is 153 cm³/mol. The fraction of sp³-hybridized carbons (Fsp3) is 0.241. The zero-order valence-electron chi connectivity index (χ0n) is 22.1. The molecule has 40 heavy (non-hydrogen) atoms. The average Bonchev–Trinajstić information content (AvgIpc) is 3.69. The minimum absolute atomic E-state index is 0.00438. The monoisotopic (exact) mass is 580 g/mol. The summed E-state index contributed by atoms with van der Waals surface area (Å²) in [6.45, 7) is -0.0186. The first kappa shape index (κ1) is 27.7. The smallest absolute Gasteiger partial charge is 0.243 e. The van der Waals surface area contributed by atoms with E-state index in [9.17, 15) is 13.2 Å². The second-order valence-corrected chi connectivity index (χ2v) is 11.6. The largest absolute Gasteiger partial charge is 0.497 e. The first-order valence-electron chi connectivity index (χ1n) is 12.7. The fourth-order valence-electron chi connectivity index (χ4n) is 4.35. The van der Waals surface area contributed by atoms with E-state index in [2.05, 4.69) is 15.0 Å². The van der Waals surface area contributed by atoms with E-state index in [4.69, 9.17) is 21.1 Å². The first-order valence-corrected chi connectivity index (χ1v) is 14.6. The van der Waals surface area contributed by atoms with Gasteiger partial charge in [-0.05, 0) is 48.7 Å². The first-order chi connectivity index (χ1) is 19.3. The molecule has 9 nitrogen and oxygen atoms in total. The molecule has 0 atom stereocenters. The summed E-state index contributed by atoms with van der Waals surface area (Å²) in [7, 11) is -1.000. The number of ether oxygens (including phenoxy) is 2. The highest BCUT2D eigenvalue weighted by Gasteiger charge is 2.27. The van der Waals surface area contributed by atoms with Crippen molar-refractivity contribution in [3.63, 3.8) is 0 Å². The van der Waals surface area contributed by atoms with Crippen LogP contribution >= 0.6 is 11.6 Å². The lowest BCUT2D eigenvalue weighted by atomic mass is 10.1. The summed E-state index contributed by atoms with van der Waals surface area (Å²) in [4.78, 5) is 17.3. The van der Waals surface area contributed by atoms with Crippen molar-refractivity contribution in [2.24, 2.45) is 0 Å². The molecule has 208 valence electrons. The summed E-state index contributed by atoms with van der Waals surface area (Å²) in [5.41, 5.74) is 2.99. The molecule has 1 fully saturated rings. The molecular formula is C29H29ClN4O5S. The maximum Gasteiger partial charge on any atom is 0.243 e. The molecule has 0 bridgehead atoms. The van der Waals surface area contributed by atoms with Crippen LogP contribution in [0.25, 0.3) is 5.69 Å². The zero-order chi connectivity index (χ0) is 28.3. The minimum Gasteiger partial charge on any atom is -0.497 e. The van der Waals surface area contributed by atoms with Gasteiger partial charge in [0.05, 0.1) is 38.3 Å². The van der Waals surface area contributed by atoms with E-state index in [0.29, 0.717) is 44.9 Å². The van der Waals surface area contributed by atoms with E-state index in [1.807, 2.05) is 6.20 Å². The molecular weight excluding hydrogens is 552 g/mol. The fourth-order valence-corrected chi connectivity index (χ4v) is 5.78. The number of anilines is 1. The number of benzene rings is 3. The maximum atomic E-state index is 13.7. The summed E-state index contributed by atoms with van der Waals surface area (Å²) in [6.07, 6.45) is 5.66. The number of hydrogen-bond donors (Lipinski definition) is 2. The summed E-state index contributed by atoms with van der Waals surface area (Å²) in [6, 6.07) is 17.0. The third kappa shape index (κ3) is 6.30. The van der Waals surface area contributed by atoms with Crippen molar-refractivity contribution in [2.45, 2.75) is 36.6 Å². The molecule has 5 rings (SSSR count). The Kier molecular flexibility index (Phi) is 8.11. The lowest BCUT2D eigenvalue weighted by Gasteiger charge is -2.16. The number of hydrogen-bond acceptors (Lipinski definition) is 6. The standard InChI is InChI=1S/C29H29ClN4O5S/c1-38-23-11-9-21(27(15-23)39-2)16-32-40(36,37)28-14-22(33-29(35)13-20-5-3-4-6-24(20)30)10-12-26(28)34-17-25(31-18-34)19-7-8-19/h3-6,9-12,14-15,17-19,32H,7-8,13,16H2,1-2H3,(H,33,35). The van der Waals surface area contributed by atoms with Gasteiger partial charge in [-0.15, -0.1) is 0 Å². The molecule has 1 saturated carbocycles. The number of sulfonamides is 1. The van der Waals surface area contributed by atoms with Crippen molar-refractivity contribution >= 4 is 33.2 Å². The molecule has 0 spiro atoms. The number of nitrogens with one attached hydrogen (secondary N) is 2. The van der Waals surface area contributed by atoms with E-state index in [1.165, 1.54) is 13.2 Å². The maximum absolute atomic E-state index is 13.7. The predicted octanol–water partition coefficient (Wildman–Crippen LogP) is 5.08. The van der Waals surface area contributed by atoms with Crippen molar-refractivity contribution < 1.29 is 22.7 Å². The van der Waals surface area contributed by atoms with Crippen LogP contribution in [-0.4, -0.2) is 38.1 Å². The van der Waals surface area contributed by atoms with Gasteiger partial charge in [0.2, 0.25) is 15.9 Å². The van der Waals surface area contributed by atoms with E-state index in [0.717, 1.165) is 18.5 Å². The van der Waals surface area contributed by atoms with Gasteiger partial charge < -0.3 is 19.4 Å². The van der Waals surface area contributed by atoms with Gasteiger partial charge in [0, 0.05) is 41.0 Å². The van der Waals surface area contributed by atoms with Crippen LogP contribution in [0.5, 0.6) is 11.5 Å². The highest BCUT2D eigenvalue weighted by molar-refractivity contribution is 7.89. The Labute approximate surface area is 238 Å². The molecule has 3 aromatic carbocycles. The summed E-state index contributed by atoms with van der Waals surface area (Å²) < 4.78 is 42.4. The average molecular weight is 581 g/mol. The van der Waals surface area contributed by atoms with E-state index >= 15 is 0 Å². The van der Waals surface area contributed by atoms with Gasteiger partial charge in [0.15, 0.2) is 0 Å². The van der Waals surface area contributed by atoms with Crippen molar-refractivity contribution in [3.8, 4) is 17.2 Å². The van der Waals surface area contributed by atoms with Crippen LogP contribution in [0.4, 0.5) is 5.69 Å². The number of imidazole rings is 1. The molecule has 11 heteroatoms. The Morgan fingerprint density at radius 2 is 1.85 bits per heavy atom. The van der Waals surface area contributed by atoms with Crippen LogP contribution in [0.1, 0.15) is 35.6 Å². The van der Waals surface area contributed by atoms with E-state index in [1.54, 1.807) is 72.6 Å². The van der Waals surface area contributed by atoms with Crippen LogP contribution in [0.15, 0.2) is 78.1 Å². The zero-order valence-corrected chi connectivity index (χ0v) is 23.6. The van der Waals surface area contributed by atoms with Crippen LogP contribution in [0.2, 0.25) is 5.02 Å². The molecule has 4 aromatic rings. The quantitative estimate of drug-likeness (QED) is 0.256. The molecule has 1 aromatic heterocycles. The van der Waals surface area contributed by atoms with Crippen molar-refractivity contribution in [3.05, 3.63) is 95.0 Å². The molecule has 2 N–H and O–H groups in total. The molecule has 0 aliphatic heterocycles. The van der Waals surface area contributed by atoms with E-state index in [-0.39, 0.29) is 23.8 Å². The number of carbonyl (C=O) groups is 1. The molecule has 0 saturated heterocycles. The summed E-state index contributed by atoms with van der Waals surface area (Å²) in [5, 5.41) is 3.29. The number of nitrogens with zero attached hydrogens (tertiary/aromatic N) is 2. The minimum atomic E-state index is -4.06.